The summed E-state index contributed by atoms with van der Waals surface area (Å²) in [7, 11) is 0. The monoisotopic (exact) mass is 306 g/mol. The number of furan rings is 1. The molecule has 0 unspecified atom stereocenters. The molecule has 1 saturated heterocycles. The lowest BCUT2D eigenvalue weighted by molar-refractivity contribution is -0.385. The summed E-state index contributed by atoms with van der Waals surface area (Å²) in [6.45, 7) is 2.36. The second kappa shape index (κ2) is 5.98. The van der Waals surface area contributed by atoms with Crippen molar-refractivity contribution >= 4 is 11.6 Å². The fourth-order valence-corrected chi connectivity index (χ4v) is 2.19. The van der Waals surface area contributed by atoms with Crippen molar-refractivity contribution in [1.29, 1.82) is 0 Å². The number of amides is 1. The quantitative estimate of drug-likeness (QED) is 0.614. The van der Waals surface area contributed by atoms with Crippen LogP contribution in [0.3, 0.4) is 0 Å². The number of morpholine rings is 1. The van der Waals surface area contributed by atoms with Crippen molar-refractivity contribution in [2.45, 2.75) is 6.54 Å². The molecule has 0 aromatic carbocycles. The molecule has 0 N–H and O–H groups in total. The van der Waals surface area contributed by atoms with Crippen LogP contribution in [0, 0.1) is 10.1 Å². The largest absolute Gasteiger partial charge is 0.454 e. The summed E-state index contributed by atoms with van der Waals surface area (Å²) in [5, 5.41) is 14.5. The van der Waals surface area contributed by atoms with Crippen LogP contribution in [0.4, 0.5) is 5.69 Å². The molecule has 9 heteroatoms. The highest BCUT2D eigenvalue weighted by Gasteiger charge is 2.21. The van der Waals surface area contributed by atoms with Crippen LogP contribution in [0.15, 0.2) is 28.9 Å². The Balaban J connectivity index is 1.67. The van der Waals surface area contributed by atoms with Gasteiger partial charge >= 0.3 is 5.69 Å². The predicted octanol–water partition coefficient (Wildman–Crippen LogP) is 0.905. The zero-order valence-electron chi connectivity index (χ0n) is 11.7. The average Bonchev–Trinajstić information content (AvgIpc) is 3.17. The Hall–Kier alpha value is -2.68. The van der Waals surface area contributed by atoms with Gasteiger partial charge in [0.15, 0.2) is 5.76 Å². The summed E-state index contributed by atoms with van der Waals surface area (Å²) in [6, 6.07) is 3.27. The van der Waals surface area contributed by atoms with E-state index in [1.165, 1.54) is 17.1 Å². The second-order valence-electron chi connectivity index (χ2n) is 4.82. The van der Waals surface area contributed by atoms with Crippen molar-refractivity contribution < 1.29 is 18.9 Å². The highest BCUT2D eigenvalue weighted by atomic mass is 16.6. The first kappa shape index (κ1) is 14.3. The van der Waals surface area contributed by atoms with Crippen LogP contribution in [0.2, 0.25) is 0 Å². The molecule has 0 atom stereocenters. The van der Waals surface area contributed by atoms with Gasteiger partial charge in [-0.2, -0.15) is 5.10 Å². The summed E-state index contributed by atoms with van der Waals surface area (Å²) in [5.74, 6) is 0.578. The molecule has 0 bridgehead atoms. The number of carbonyl (C=O) groups is 1. The molecule has 1 amide bonds. The molecule has 1 aliphatic heterocycles. The molecule has 22 heavy (non-hydrogen) atoms. The molecule has 0 aliphatic carbocycles. The standard InChI is InChI=1S/C13H14N4O5/c18-13(15-3-5-21-6-4-15)12-2-1-11(22-12)9-16-8-10(7-14-16)17(19)20/h1-2,7-8H,3-6,9H2. The van der Waals surface area contributed by atoms with Gasteiger partial charge in [-0.25, -0.2) is 0 Å². The molecule has 0 saturated carbocycles. The minimum absolute atomic E-state index is 0.0869. The Morgan fingerprint density at radius 3 is 2.82 bits per heavy atom. The van der Waals surface area contributed by atoms with Crippen molar-refractivity contribution in [2.75, 3.05) is 26.3 Å². The van der Waals surface area contributed by atoms with Gasteiger partial charge in [0.25, 0.3) is 5.91 Å². The lowest BCUT2D eigenvalue weighted by atomic mass is 10.3. The van der Waals surface area contributed by atoms with Crippen molar-refractivity contribution in [3.8, 4) is 0 Å². The van der Waals surface area contributed by atoms with Gasteiger partial charge in [-0.15, -0.1) is 0 Å². The fourth-order valence-electron chi connectivity index (χ4n) is 2.19. The Morgan fingerprint density at radius 2 is 2.14 bits per heavy atom. The molecule has 1 fully saturated rings. The molecule has 3 heterocycles. The molecule has 116 valence electrons. The Bertz CT molecular complexity index is 686. The minimum Gasteiger partial charge on any atom is -0.454 e. The Labute approximate surface area is 125 Å². The zero-order chi connectivity index (χ0) is 15.5. The fraction of sp³-hybridized carbons (Fsp3) is 0.385. The normalized spacial score (nSPS) is 15.0. The van der Waals surface area contributed by atoms with E-state index in [1.807, 2.05) is 0 Å². The van der Waals surface area contributed by atoms with Crippen LogP contribution in [0.25, 0.3) is 0 Å². The van der Waals surface area contributed by atoms with Crippen LogP contribution < -0.4 is 0 Å². The van der Waals surface area contributed by atoms with E-state index in [2.05, 4.69) is 5.10 Å². The van der Waals surface area contributed by atoms with E-state index in [4.69, 9.17) is 9.15 Å². The van der Waals surface area contributed by atoms with Crippen LogP contribution in [0.1, 0.15) is 16.3 Å². The van der Waals surface area contributed by atoms with E-state index >= 15 is 0 Å². The number of carbonyl (C=O) groups excluding carboxylic acids is 1. The lowest BCUT2D eigenvalue weighted by Crippen LogP contribution is -2.40. The first-order valence-corrected chi connectivity index (χ1v) is 6.76. The lowest BCUT2D eigenvalue weighted by Gasteiger charge is -2.25. The molecule has 3 rings (SSSR count). The highest BCUT2D eigenvalue weighted by molar-refractivity contribution is 5.91. The molecular formula is C13H14N4O5. The summed E-state index contributed by atoms with van der Waals surface area (Å²) < 4.78 is 12.1. The number of ether oxygens (including phenoxy) is 1. The van der Waals surface area contributed by atoms with Gasteiger partial charge in [0.1, 0.15) is 18.2 Å². The van der Waals surface area contributed by atoms with E-state index in [0.717, 1.165) is 0 Å². The molecule has 0 spiro atoms. The number of hydrogen-bond acceptors (Lipinski definition) is 6. The molecule has 1 aliphatic rings. The van der Waals surface area contributed by atoms with Gasteiger partial charge < -0.3 is 14.1 Å². The highest BCUT2D eigenvalue weighted by Crippen LogP contribution is 2.14. The Morgan fingerprint density at radius 1 is 1.36 bits per heavy atom. The van der Waals surface area contributed by atoms with Gasteiger partial charge in [0, 0.05) is 13.1 Å². The number of nitro groups is 1. The Kier molecular flexibility index (Phi) is 3.88. The molecule has 2 aromatic heterocycles. The van der Waals surface area contributed by atoms with E-state index < -0.39 is 4.92 Å². The smallest absolute Gasteiger partial charge is 0.307 e. The van der Waals surface area contributed by atoms with Crippen LogP contribution in [-0.2, 0) is 11.3 Å². The SMILES string of the molecule is O=C(c1ccc(Cn2cc([N+](=O)[O-])cn2)o1)N1CCOCC1. The van der Waals surface area contributed by atoms with Crippen molar-refractivity contribution in [3.63, 3.8) is 0 Å². The van der Waals surface area contributed by atoms with Crippen LogP contribution in [-0.4, -0.2) is 51.8 Å². The molecule has 2 aromatic rings. The van der Waals surface area contributed by atoms with Gasteiger partial charge in [-0.05, 0) is 12.1 Å². The van der Waals surface area contributed by atoms with Gasteiger partial charge in [0.05, 0.1) is 24.7 Å². The zero-order valence-corrected chi connectivity index (χ0v) is 11.7. The molecule has 9 nitrogen and oxygen atoms in total. The number of hydrogen-bond donors (Lipinski definition) is 0. The minimum atomic E-state index is -0.515. The summed E-state index contributed by atoms with van der Waals surface area (Å²) >= 11 is 0. The van der Waals surface area contributed by atoms with Gasteiger partial charge in [-0.1, -0.05) is 0 Å². The number of rotatable bonds is 4. The number of aromatic nitrogens is 2. The molecular weight excluding hydrogens is 292 g/mol. The van der Waals surface area contributed by atoms with Gasteiger partial charge in [0.2, 0.25) is 0 Å². The van der Waals surface area contributed by atoms with E-state index in [0.29, 0.717) is 32.1 Å². The summed E-state index contributed by atoms with van der Waals surface area (Å²) in [5.41, 5.74) is -0.0869. The molecule has 0 radical (unpaired) electrons. The topological polar surface area (TPSA) is 104 Å². The van der Waals surface area contributed by atoms with Gasteiger partial charge in [-0.3, -0.25) is 19.6 Å². The maximum Gasteiger partial charge on any atom is 0.307 e. The average molecular weight is 306 g/mol. The van der Waals surface area contributed by atoms with Crippen molar-refractivity contribution in [3.05, 3.63) is 46.2 Å². The van der Waals surface area contributed by atoms with E-state index in [1.54, 1.807) is 17.0 Å². The van der Waals surface area contributed by atoms with Crippen LogP contribution in [0.5, 0.6) is 0 Å². The third-order valence-electron chi connectivity index (χ3n) is 3.32. The van der Waals surface area contributed by atoms with Crippen molar-refractivity contribution in [2.24, 2.45) is 0 Å². The second-order valence-corrected chi connectivity index (χ2v) is 4.82. The van der Waals surface area contributed by atoms with Crippen molar-refractivity contribution in [1.82, 2.24) is 14.7 Å². The summed E-state index contributed by atoms with van der Waals surface area (Å²) in [6.07, 6.45) is 2.48. The first-order chi connectivity index (χ1) is 10.6. The third-order valence-corrected chi connectivity index (χ3v) is 3.32. The maximum atomic E-state index is 12.2. The predicted molar refractivity (Wildman–Crippen MR) is 73.4 cm³/mol. The summed E-state index contributed by atoms with van der Waals surface area (Å²) in [4.78, 5) is 24.0. The van der Waals surface area contributed by atoms with E-state index in [-0.39, 0.29) is 23.9 Å². The first-order valence-electron chi connectivity index (χ1n) is 6.76. The van der Waals surface area contributed by atoms with E-state index in [9.17, 15) is 14.9 Å². The maximum absolute atomic E-state index is 12.2. The third kappa shape index (κ3) is 2.98. The van der Waals surface area contributed by atoms with Crippen LogP contribution >= 0.6 is 0 Å². The number of nitrogens with zero attached hydrogens (tertiary/aromatic N) is 4.